The Hall–Kier alpha value is -0.710. The fourth-order valence-corrected chi connectivity index (χ4v) is 0. The summed E-state index contributed by atoms with van der Waals surface area (Å²) in [4.78, 5) is 8.36. The minimum Gasteiger partial charge on any atom is -0.483 e. The molecule has 0 heterocycles. The number of amidine groups is 1. The first-order valence-electron chi connectivity index (χ1n) is 1.64. The third-order valence-electron chi connectivity index (χ3n) is 0.220. The maximum absolute atomic E-state index is 8.36. The van der Waals surface area contributed by atoms with E-state index in [0.29, 0.717) is 0 Å². The van der Waals surface area contributed by atoms with Crippen molar-refractivity contribution in [2.45, 2.75) is 0 Å². The van der Waals surface area contributed by atoms with Crippen molar-refractivity contribution < 1.29 is 9.90 Å². The largest absolute Gasteiger partial charge is 0.483 e. The highest BCUT2D eigenvalue weighted by Gasteiger charge is 1.71. The fourth-order valence-electron chi connectivity index (χ4n) is 0. The number of nitrogens with two attached hydrogens (primary N) is 1. The van der Waals surface area contributed by atoms with Crippen molar-refractivity contribution in [1.82, 2.24) is 0 Å². The SMILES string of the molecule is CSC(=N)N.O=CO. The van der Waals surface area contributed by atoms with Crippen LogP contribution >= 0.6 is 11.8 Å². The number of hydrogen-bond donors (Lipinski definition) is 3. The average molecular weight is 136 g/mol. The quantitative estimate of drug-likeness (QED) is 0.247. The van der Waals surface area contributed by atoms with E-state index in [9.17, 15) is 0 Å². The summed E-state index contributed by atoms with van der Waals surface area (Å²) in [6.07, 6.45) is 1.77. The minimum absolute atomic E-state index is 0.171. The molecule has 0 aliphatic carbocycles. The highest BCUT2D eigenvalue weighted by atomic mass is 32.2. The lowest BCUT2D eigenvalue weighted by molar-refractivity contribution is -0.122. The van der Waals surface area contributed by atoms with Crippen LogP contribution in [0.3, 0.4) is 0 Å². The number of carbonyl (C=O) groups is 1. The van der Waals surface area contributed by atoms with Gasteiger partial charge in [0.2, 0.25) is 0 Å². The Labute approximate surface area is 51.6 Å². The Morgan fingerprint density at radius 2 is 2.12 bits per heavy atom. The predicted octanol–water partition coefficient (Wildman–Crippen LogP) is -0.0563. The lowest BCUT2D eigenvalue weighted by atomic mass is 11.4. The van der Waals surface area contributed by atoms with Gasteiger partial charge in [0.25, 0.3) is 6.47 Å². The van der Waals surface area contributed by atoms with Crippen LogP contribution in [0.1, 0.15) is 0 Å². The monoisotopic (exact) mass is 136 g/mol. The summed E-state index contributed by atoms with van der Waals surface area (Å²) < 4.78 is 0. The number of nitrogens with one attached hydrogen (secondary N) is 1. The molecule has 0 aromatic rings. The van der Waals surface area contributed by atoms with Crippen LogP contribution in [-0.2, 0) is 4.79 Å². The van der Waals surface area contributed by atoms with Crippen LogP contribution in [0.5, 0.6) is 0 Å². The van der Waals surface area contributed by atoms with Crippen LogP contribution in [-0.4, -0.2) is 23.0 Å². The summed E-state index contributed by atoms with van der Waals surface area (Å²) in [5.74, 6) is 0. The van der Waals surface area contributed by atoms with Gasteiger partial charge in [0.1, 0.15) is 0 Å². The van der Waals surface area contributed by atoms with E-state index in [4.69, 9.17) is 21.0 Å². The van der Waals surface area contributed by atoms with E-state index in [0.717, 1.165) is 0 Å². The van der Waals surface area contributed by atoms with E-state index >= 15 is 0 Å². The molecular weight excluding hydrogens is 128 g/mol. The first-order chi connectivity index (χ1) is 3.68. The molecule has 4 N–H and O–H groups in total. The van der Waals surface area contributed by atoms with Crippen molar-refractivity contribution >= 4 is 23.4 Å². The Kier molecular flexibility index (Phi) is 12.3. The van der Waals surface area contributed by atoms with Crippen molar-refractivity contribution in [3.8, 4) is 0 Å². The second-order valence-electron chi connectivity index (χ2n) is 0.674. The molecule has 4 nitrogen and oxygen atoms in total. The maximum atomic E-state index is 8.36. The van der Waals surface area contributed by atoms with E-state index in [1.165, 1.54) is 11.8 Å². The van der Waals surface area contributed by atoms with Gasteiger partial charge in [-0.05, 0) is 6.26 Å². The molecular formula is C3H8N2O2S. The molecule has 0 aliphatic rings. The van der Waals surface area contributed by atoms with Crippen molar-refractivity contribution in [3.05, 3.63) is 0 Å². The van der Waals surface area contributed by atoms with Crippen molar-refractivity contribution in [1.29, 1.82) is 5.41 Å². The highest BCUT2D eigenvalue weighted by Crippen LogP contribution is 1.83. The van der Waals surface area contributed by atoms with Gasteiger partial charge in [-0.25, -0.2) is 0 Å². The zero-order chi connectivity index (χ0) is 6.99. The molecule has 0 rings (SSSR count). The van der Waals surface area contributed by atoms with Gasteiger partial charge in [0.05, 0.1) is 0 Å². The van der Waals surface area contributed by atoms with Gasteiger partial charge < -0.3 is 10.8 Å². The van der Waals surface area contributed by atoms with E-state index in [1.807, 2.05) is 0 Å². The summed E-state index contributed by atoms with van der Waals surface area (Å²) in [5, 5.41) is 13.5. The summed E-state index contributed by atoms with van der Waals surface area (Å²) in [5.41, 5.74) is 4.84. The van der Waals surface area contributed by atoms with Gasteiger partial charge in [-0.2, -0.15) is 0 Å². The molecule has 0 fully saturated rings. The van der Waals surface area contributed by atoms with E-state index in [2.05, 4.69) is 0 Å². The second-order valence-corrected chi connectivity index (χ2v) is 1.52. The van der Waals surface area contributed by atoms with Gasteiger partial charge in [-0.1, -0.05) is 11.8 Å². The van der Waals surface area contributed by atoms with Gasteiger partial charge >= 0.3 is 0 Å². The molecule has 8 heavy (non-hydrogen) atoms. The topological polar surface area (TPSA) is 87.2 Å². The van der Waals surface area contributed by atoms with Gasteiger partial charge in [-0.3, -0.25) is 10.2 Å². The average Bonchev–Trinajstić information content (AvgIpc) is 1.69. The molecule has 0 atom stereocenters. The summed E-state index contributed by atoms with van der Waals surface area (Å²) >= 11 is 1.24. The number of hydrogen-bond acceptors (Lipinski definition) is 3. The Morgan fingerprint density at radius 1 is 2.00 bits per heavy atom. The summed E-state index contributed by atoms with van der Waals surface area (Å²) in [7, 11) is 0. The molecule has 0 aromatic heterocycles. The maximum Gasteiger partial charge on any atom is 0.290 e. The molecule has 0 amide bonds. The van der Waals surface area contributed by atoms with Crippen LogP contribution in [0.4, 0.5) is 0 Å². The lowest BCUT2D eigenvalue weighted by Crippen LogP contribution is -2.01. The van der Waals surface area contributed by atoms with Crippen LogP contribution < -0.4 is 5.73 Å². The summed E-state index contributed by atoms with van der Waals surface area (Å²) in [6.45, 7) is -0.250. The number of rotatable bonds is 0. The molecule has 0 saturated carbocycles. The zero-order valence-corrected chi connectivity index (χ0v) is 5.23. The number of carboxylic acid groups (broad SMARTS) is 1. The molecule has 0 unspecified atom stereocenters. The van der Waals surface area contributed by atoms with Crippen LogP contribution in [0.15, 0.2) is 0 Å². The van der Waals surface area contributed by atoms with Crippen molar-refractivity contribution in [2.24, 2.45) is 5.73 Å². The molecule has 0 radical (unpaired) electrons. The van der Waals surface area contributed by atoms with Crippen molar-refractivity contribution in [3.63, 3.8) is 0 Å². The number of thioether (sulfide) groups is 1. The first-order valence-corrected chi connectivity index (χ1v) is 2.87. The summed E-state index contributed by atoms with van der Waals surface area (Å²) in [6, 6.07) is 0. The third-order valence-corrected chi connectivity index (χ3v) is 0.660. The Balaban J connectivity index is 0. The minimum atomic E-state index is -0.250. The van der Waals surface area contributed by atoms with Gasteiger partial charge in [0.15, 0.2) is 5.17 Å². The normalized spacial score (nSPS) is 6.12. The van der Waals surface area contributed by atoms with E-state index < -0.39 is 0 Å². The first kappa shape index (κ1) is 10.3. The van der Waals surface area contributed by atoms with Gasteiger partial charge in [0, 0.05) is 0 Å². The zero-order valence-electron chi connectivity index (χ0n) is 4.42. The standard InChI is InChI=1S/C2H6N2S.CH2O2/c1-5-2(3)4;2-1-3/h1H3,(H3,3,4);1H,(H,2,3). The van der Waals surface area contributed by atoms with E-state index in [-0.39, 0.29) is 11.6 Å². The molecule has 0 spiro atoms. The second kappa shape index (κ2) is 9.56. The Bertz CT molecular complexity index is 75.7. The lowest BCUT2D eigenvalue weighted by Gasteiger charge is -1.78. The molecule has 0 aliphatic heterocycles. The highest BCUT2D eigenvalue weighted by molar-refractivity contribution is 8.13. The smallest absolute Gasteiger partial charge is 0.290 e. The Morgan fingerprint density at radius 3 is 2.12 bits per heavy atom. The van der Waals surface area contributed by atoms with Crippen LogP contribution in [0.2, 0.25) is 0 Å². The van der Waals surface area contributed by atoms with Crippen LogP contribution in [0.25, 0.3) is 0 Å². The molecule has 5 heteroatoms. The molecule has 48 valence electrons. The fraction of sp³-hybridized carbons (Fsp3) is 0.333. The molecule has 0 bridgehead atoms. The third kappa shape index (κ3) is 58.5. The molecule has 0 saturated heterocycles. The predicted molar refractivity (Wildman–Crippen MR) is 34.1 cm³/mol. The van der Waals surface area contributed by atoms with Gasteiger partial charge in [-0.15, -0.1) is 0 Å². The van der Waals surface area contributed by atoms with Crippen LogP contribution in [0, 0.1) is 5.41 Å². The van der Waals surface area contributed by atoms with Crippen molar-refractivity contribution in [2.75, 3.05) is 6.26 Å². The van der Waals surface area contributed by atoms with E-state index in [1.54, 1.807) is 6.26 Å². The molecule has 0 aromatic carbocycles.